The largest absolute Gasteiger partial charge is 0.281 e. The molecule has 0 aromatic heterocycles. The lowest BCUT2D eigenvalue weighted by Crippen LogP contribution is -2.36. The second kappa shape index (κ2) is 5.98. The highest BCUT2D eigenvalue weighted by Crippen LogP contribution is 2.16. The maximum atomic E-state index is 12.0. The standard InChI is InChI=1S/C10H18ClNO3S/c1-9(10(11)13)8-16(14,15)12-6-4-2-3-5-7-12/h9H,2-8H2,1H3. The van der Waals surface area contributed by atoms with E-state index < -0.39 is 21.2 Å². The van der Waals surface area contributed by atoms with Crippen molar-refractivity contribution in [2.45, 2.75) is 32.6 Å². The Balaban J connectivity index is 2.64. The van der Waals surface area contributed by atoms with Gasteiger partial charge in [-0.25, -0.2) is 12.7 Å². The first-order valence-corrected chi connectivity index (χ1v) is 7.59. The predicted octanol–water partition coefficient (Wildman–Crippen LogP) is 1.59. The highest BCUT2D eigenvalue weighted by molar-refractivity contribution is 7.89. The van der Waals surface area contributed by atoms with Gasteiger partial charge in [-0.3, -0.25) is 4.79 Å². The van der Waals surface area contributed by atoms with Crippen LogP contribution < -0.4 is 0 Å². The summed E-state index contributed by atoms with van der Waals surface area (Å²) in [4.78, 5) is 10.9. The Bertz CT molecular complexity index is 334. The van der Waals surface area contributed by atoms with Crippen LogP contribution in [0.5, 0.6) is 0 Å². The van der Waals surface area contributed by atoms with Crippen LogP contribution in [-0.4, -0.2) is 36.8 Å². The molecule has 6 heteroatoms. The quantitative estimate of drug-likeness (QED) is 0.727. The zero-order valence-electron chi connectivity index (χ0n) is 9.49. The van der Waals surface area contributed by atoms with Crippen LogP contribution in [0.1, 0.15) is 32.6 Å². The van der Waals surface area contributed by atoms with Crippen LogP contribution in [0.15, 0.2) is 0 Å². The monoisotopic (exact) mass is 267 g/mol. The van der Waals surface area contributed by atoms with E-state index in [2.05, 4.69) is 0 Å². The van der Waals surface area contributed by atoms with Gasteiger partial charge in [-0.1, -0.05) is 19.8 Å². The van der Waals surface area contributed by atoms with Crippen molar-refractivity contribution in [2.24, 2.45) is 5.92 Å². The van der Waals surface area contributed by atoms with Crippen molar-refractivity contribution in [2.75, 3.05) is 18.8 Å². The molecule has 1 aliphatic rings. The second-order valence-electron chi connectivity index (χ2n) is 4.30. The summed E-state index contributed by atoms with van der Waals surface area (Å²) in [6.45, 7) is 2.70. The van der Waals surface area contributed by atoms with Gasteiger partial charge in [-0.2, -0.15) is 0 Å². The summed E-state index contributed by atoms with van der Waals surface area (Å²) in [7, 11) is -3.32. The van der Waals surface area contributed by atoms with E-state index in [-0.39, 0.29) is 5.75 Å². The maximum absolute atomic E-state index is 12.0. The van der Waals surface area contributed by atoms with Gasteiger partial charge in [-0.15, -0.1) is 0 Å². The second-order valence-corrected chi connectivity index (χ2v) is 6.68. The minimum absolute atomic E-state index is 0.171. The molecule has 1 heterocycles. The molecule has 94 valence electrons. The molecule has 0 spiro atoms. The van der Waals surface area contributed by atoms with E-state index in [1.807, 2.05) is 0 Å². The Labute approximate surface area is 102 Å². The van der Waals surface area contributed by atoms with Crippen molar-refractivity contribution >= 4 is 26.9 Å². The summed E-state index contributed by atoms with van der Waals surface area (Å²) in [5, 5.41) is -0.585. The van der Waals surface area contributed by atoms with Crippen LogP contribution in [0.4, 0.5) is 0 Å². The molecule has 0 radical (unpaired) electrons. The molecule has 0 bridgehead atoms. The lowest BCUT2D eigenvalue weighted by molar-refractivity contribution is -0.114. The molecule has 4 nitrogen and oxygen atoms in total. The third-order valence-electron chi connectivity index (χ3n) is 2.81. The van der Waals surface area contributed by atoms with E-state index in [1.165, 1.54) is 4.31 Å². The van der Waals surface area contributed by atoms with Crippen LogP contribution in [0, 0.1) is 5.92 Å². The molecule has 1 saturated heterocycles. The Hall–Kier alpha value is -0.130. The number of sulfonamides is 1. The van der Waals surface area contributed by atoms with Crippen molar-refractivity contribution in [1.29, 1.82) is 0 Å². The van der Waals surface area contributed by atoms with Gasteiger partial charge < -0.3 is 0 Å². The fraction of sp³-hybridized carbons (Fsp3) is 0.900. The first kappa shape index (κ1) is 13.9. The number of rotatable bonds is 4. The first-order chi connectivity index (χ1) is 7.43. The normalized spacial score (nSPS) is 21.4. The van der Waals surface area contributed by atoms with Crippen LogP contribution in [0.25, 0.3) is 0 Å². The first-order valence-electron chi connectivity index (χ1n) is 5.60. The number of carbonyl (C=O) groups is 1. The molecular formula is C10H18ClNO3S. The molecule has 1 fully saturated rings. The molecule has 0 aliphatic carbocycles. The topological polar surface area (TPSA) is 54.5 Å². The Kier molecular flexibility index (Phi) is 5.21. The van der Waals surface area contributed by atoms with Gasteiger partial charge in [0.15, 0.2) is 0 Å². The average molecular weight is 268 g/mol. The van der Waals surface area contributed by atoms with Gasteiger partial charge in [0.05, 0.1) is 5.75 Å². The fourth-order valence-electron chi connectivity index (χ4n) is 1.81. The van der Waals surface area contributed by atoms with E-state index in [4.69, 9.17) is 11.6 Å². The molecular weight excluding hydrogens is 250 g/mol. The van der Waals surface area contributed by atoms with Crippen LogP contribution >= 0.6 is 11.6 Å². The van der Waals surface area contributed by atoms with Crippen molar-refractivity contribution in [3.63, 3.8) is 0 Å². The summed E-state index contributed by atoms with van der Waals surface area (Å²) in [6, 6.07) is 0. The van der Waals surface area contributed by atoms with Crippen molar-refractivity contribution in [1.82, 2.24) is 4.31 Å². The summed E-state index contributed by atoms with van der Waals surface area (Å²) >= 11 is 5.28. The summed E-state index contributed by atoms with van der Waals surface area (Å²) in [6.07, 6.45) is 3.97. The van der Waals surface area contributed by atoms with Gasteiger partial charge in [0.1, 0.15) is 0 Å². The van der Waals surface area contributed by atoms with Crippen LogP contribution in [-0.2, 0) is 14.8 Å². The van der Waals surface area contributed by atoms with E-state index >= 15 is 0 Å². The molecule has 0 aromatic rings. The van der Waals surface area contributed by atoms with E-state index in [0.717, 1.165) is 25.7 Å². The van der Waals surface area contributed by atoms with Crippen molar-refractivity contribution < 1.29 is 13.2 Å². The molecule has 1 unspecified atom stereocenters. The zero-order chi connectivity index (χ0) is 12.2. The van der Waals surface area contributed by atoms with E-state index in [0.29, 0.717) is 13.1 Å². The minimum atomic E-state index is -3.32. The molecule has 0 aromatic carbocycles. The van der Waals surface area contributed by atoms with E-state index in [1.54, 1.807) is 6.92 Å². The Morgan fingerprint density at radius 3 is 2.19 bits per heavy atom. The van der Waals surface area contributed by atoms with Crippen LogP contribution in [0.2, 0.25) is 0 Å². The number of nitrogens with zero attached hydrogens (tertiary/aromatic N) is 1. The lowest BCUT2D eigenvalue weighted by atomic mass is 10.2. The number of halogens is 1. The Morgan fingerprint density at radius 1 is 1.25 bits per heavy atom. The maximum Gasteiger partial charge on any atom is 0.225 e. The smallest absolute Gasteiger partial charge is 0.225 e. The molecule has 1 rings (SSSR count). The summed E-state index contributed by atoms with van der Waals surface area (Å²) < 4.78 is 25.4. The molecule has 1 atom stereocenters. The number of hydrogen-bond acceptors (Lipinski definition) is 3. The molecule has 0 amide bonds. The minimum Gasteiger partial charge on any atom is -0.281 e. The summed E-state index contributed by atoms with van der Waals surface area (Å²) in [5.41, 5.74) is 0. The van der Waals surface area contributed by atoms with Crippen LogP contribution in [0.3, 0.4) is 0 Å². The van der Waals surface area contributed by atoms with Gasteiger partial charge in [0.25, 0.3) is 0 Å². The number of hydrogen-bond donors (Lipinski definition) is 0. The highest BCUT2D eigenvalue weighted by Gasteiger charge is 2.27. The number of carbonyl (C=O) groups excluding carboxylic acids is 1. The van der Waals surface area contributed by atoms with Crippen molar-refractivity contribution in [3.05, 3.63) is 0 Å². The predicted molar refractivity (Wildman–Crippen MR) is 63.9 cm³/mol. The van der Waals surface area contributed by atoms with Gasteiger partial charge >= 0.3 is 0 Å². The zero-order valence-corrected chi connectivity index (χ0v) is 11.1. The molecule has 16 heavy (non-hydrogen) atoms. The average Bonchev–Trinajstić information content (AvgIpc) is 2.45. The van der Waals surface area contributed by atoms with Gasteiger partial charge in [-0.05, 0) is 24.4 Å². The van der Waals surface area contributed by atoms with Gasteiger partial charge in [0, 0.05) is 19.0 Å². The third kappa shape index (κ3) is 4.03. The third-order valence-corrected chi connectivity index (χ3v) is 5.25. The summed E-state index contributed by atoms with van der Waals surface area (Å²) in [5.74, 6) is -0.801. The highest BCUT2D eigenvalue weighted by atomic mass is 35.5. The molecule has 0 N–H and O–H groups in total. The van der Waals surface area contributed by atoms with Gasteiger partial charge in [0.2, 0.25) is 15.3 Å². The SMILES string of the molecule is CC(CS(=O)(=O)N1CCCCCC1)C(=O)Cl. The lowest BCUT2D eigenvalue weighted by Gasteiger charge is -2.20. The van der Waals surface area contributed by atoms with Crippen molar-refractivity contribution in [3.8, 4) is 0 Å². The molecule has 1 aliphatic heterocycles. The fourth-order valence-corrected chi connectivity index (χ4v) is 3.78. The van der Waals surface area contributed by atoms with E-state index in [9.17, 15) is 13.2 Å². The molecule has 0 saturated carbocycles. The Morgan fingerprint density at radius 2 is 1.75 bits per heavy atom.